The van der Waals surface area contributed by atoms with Crippen molar-refractivity contribution in [2.75, 3.05) is 0 Å². The number of imide groups is 2. The van der Waals surface area contributed by atoms with Crippen LogP contribution in [-0.4, -0.2) is 43.0 Å². The second kappa shape index (κ2) is 7.42. The molecule has 1 fully saturated rings. The van der Waals surface area contributed by atoms with E-state index in [1.54, 1.807) is 32.0 Å². The van der Waals surface area contributed by atoms with Crippen LogP contribution in [0.25, 0.3) is 0 Å². The molecule has 2 aliphatic rings. The van der Waals surface area contributed by atoms with E-state index in [2.05, 4.69) is 5.32 Å². The second-order valence-corrected chi connectivity index (χ2v) is 9.73. The lowest BCUT2D eigenvalue weighted by atomic mass is 10.0. The minimum Gasteiger partial charge on any atom is -0.295 e. The lowest BCUT2D eigenvalue weighted by molar-refractivity contribution is -0.136. The molecule has 2 heterocycles. The van der Waals surface area contributed by atoms with Crippen LogP contribution in [0.15, 0.2) is 41.3 Å². The summed E-state index contributed by atoms with van der Waals surface area (Å²) in [6.45, 7) is 3.45. The third-order valence-corrected chi connectivity index (χ3v) is 7.56. The summed E-state index contributed by atoms with van der Waals surface area (Å²) < 4.78 is 26.1. The minimum absolute atomic E-state index is 0.0308. The van der Waals surface area contributed by atoms with Crippen LogP contribution in [0.3, 0.4) is 0 Å². The molecule has 1 atom stereocenters. The highest BCUT2D eigenvalue weighted by atomic mass is 32.2. The van der Waals surface area contributed by atoms with Gasteiger partial charge in [-0.15, -0.1) is 0 Å². The molecule has 1 saturated heterocycles. The molecular weight excluding hydrogens is 420 g/mol. The molecule has 31 heavy (non-hydrogen) atoms. The SMILES string of the molecule is Cc1cccc(C)c1S(=O)(=O)Cc1ccc2c(c1)C(=O)N(C1CCC(=O)NC1=O)C2=O. The Morgan fingerprint density at radius 2 is 1.61 bits per heavy atom. The van der Waals surface area contributed by atoms with E-state index in [0.717, 1.165) is 4.90 Å². The van der Waals surface area contributed by atoms with Gasteiger partial charge in [-0.3, -0.25) is 29.4 Å². The number of benzene rings is 2. The predicted octanol–water partition coefficient (Wildman–Crippen LogP) is 1.68. The molecule has 0 aromatic heterocycles. The van der Waals surface area contributed by atoms with Crippen LogP contribution in [0.1, 0.15) is 50.2 Å². The molecule has 0 spiro atoms. The van der Waals surface area contributed by atoms with Gasteiger partial charge in [-0.25, -0.2) is 8.42 Å². The summed E-state index contributed by atoms with van der Waals surface area (Å²) in [5.74, 6) is -2.76. The molecule has 4 amide bonds. The van der Waals surface area contributed by atoms with Crippen LogP contribution in [0.4, 0.5) is 0 Å². The van der Waals surface area contributed by atoms with E-state index in [1.807, 2.05) is 0 Å². The zero-order valence-electron chi connectivity index (χ0n) is 17.0. The molecule has 1 unspecified atom stereocenters. The Morgan fingerprint density at radius 3 is 2.26 bits per heavy atom. The van der Waals surface area contributed by atoms with E-state index < -0.39 is 39.5 Å². The number of nitrogens with one attached hydrogen (secondary N) is 1. The molecule has 160 valence electrons. The standard InChI is InChI=1S/C22H20N2O6S/c1-12-4-3-5-13(2)19(12)31(29,30)11-14-6-7-15-16(10-14)22(28)24(21(15)27)17-8-9-18(25)23-20(17)26/h3-7,10,17H,8-9,11H2,1-2H3,(H,23,25,26). The van der Waals surface area contributed by atoms with E-state index in [0.29, 0.717) is 16.7 Å². The number of carbonyl (C=O) groups is 4. The smallest absolute Gasteiger partial charge is 0.262 e. The summed E-state index contributed by atoms with van der Waals surface area (Å²) >= 11 is 0. The number of aryl methyl sites for hydroxylation is 2. The number of carbonyl (C=O) groups excluding carboxylic acids is 4. The minimum atomic E-state index is -3.68. The Labute approximate surface area is 179 Å². The maximum absolute atomic E-state index is 13.0. The number of hydrogen-bond donors (Lipinski definition) is 1. The van der Waals surface area contributed by atoms with Crippen molar-refractivity contribution in [3.63, 3.8) is 0 Å². The highest BCUT2D eigenvalue weighted by Crippen LogP contribution is 2.30. The number of sulfone groups is 1. The van der Waals surface area contributed by atoms with Crippen LogP contribution in [-0.2, 0) is 25.2 Å². The fourth-order valence-corrected chi connectivity index (χ4v) is 6.07. The fourth-order valence-electron chi connectivity index (χ4n) is 4.19. The van der Waals surface area contributed by atoms with Crippen molar-refractivity contribution >= 4 is 33.5 Å². The van der Waals surface area contributed by atoms with Crippen molar-refractivity contribution in [3.05, 3.63) is 64.2 Å². The summed E-state index contributed by atoms with van der Waals surface area (Å²) in [6, 6.07) is 8.48. The van der Waals surface area contributed by atoms with Gasteiger partial charge >= 0.3 is 0 Å². The van der Waals surface area contributed by atoms with Crippen molar-refractivity contribution in [1.82, 2.24) is 10.2 Å². The molecule has 0 saturated carbocycles. The van der Waals surface area contributed by atoms with Crippen molar-refractivity contribution < 1.29 is 27.6 Å². The van der Waals surface area contributed by atoms with Gasteiger partial charge in [-0.2, -0.15) is 0 Å². The molecule has 8 nitrogen and oxygen atoms in total. The van der Waals surface area contributed by atoms with Crippen LogP contribution < -0.4 is 5.32 Å². The molecule has 2 aromatic rings. The predicted molar refractivity (Wildman–Crippen MR) is 110 cm³/mol. The molecule has 0 aliphatic carbocycles. The maximum Gasteiger partial charge on any atom is 0.262 e. The molecular formula is C22H20N2O6S. The van der Waals surface area contributed by atoms with Gasteiger partial charge in [0.2, 0.25) is 11.8 Å². The van der Waals surface area contributed by atoms with Crippen molar-refractivity contribution in [2.45, 2.75) is 43.4 Å². The number of nitrogens with zero attached hydrogens (tertiary/aromatic N) is 1. The summed E-state index contributed by atoms with van der Waals surface area (Å²) in [5.41, 5.74) is 1.81. The zero-order valence-corrected chi connectivity index (χ0v) is 17.8. The van der Waals surface area contributed by atoms with E-state index >= 15 is 0 Å². The second-order valence-electron chi connectivity index (χ2n) is 7.81. The lowest BCUT2D eigenvalue weighted by Crippen LogP contribution is -2.54. The quantitative estimate of drug-likeness (QED) is 0.723. The third kappa shape index (κ3) is 3.54. The average molecular weight is 440 g/mol. The largest absolute Gasteiger partial charge is 0.295 e. The number of piperidine rings is 1. The third-order valence-electron chi connectivity index (χ3n) is 5.58. The van der Waals surface area contributed by atoms with Crippen molar-refractivity contribution in [2.24, 2.45) is 0 Å². The molecule has 0 bridgehead atoms. The Morgan fingerprint density at radius 1 is 0.968 bits per heavy atom. The normalized spacial score (nSPS) is 18.9. The van der Waals surface area contributed by atoms with Gasteiger partial charge in [0.1, 0.15) is 6.04 Å². The first-order chi connectivity index (χ1) is 14.6. The van der Waals surface area contributed by atoms with Gasteiger partial charge in [0.05, 0.1) is 21.8 Å². The molecule has 4 rings (SSSR count). The maximum atomic E-state index is 13.0. The van der Waals surface area contributed by atoms with E-state index in [-0.39, 0.29) is 34.6 Å². The summed E-state index contributed by atoms with van der Waals surface area (Å²) in [4.78, 5) is 50.3. The van der Waals surface area contributed by atoms with Gasteiger partial charge < -0.3 is 0 Å². The average Bonchev–Trinajstić information content (AvgIpc) is 2.92. The van der Waals surface area contributed by atoms with Gasteiger partial charge in [-0.05, 0) is 49.1 Å². The van der Waals surface area contributed by atoms with E-state index in [1.165, 1.54) is 18.2 Å². The Balaban J connectivity index is 1.65. The topological polar surface area (TPSA) is 118 Å². The molecule has 9 heteroatoms. The number of rotatable bonds is 4. The number of hydrogen-bond acceptors (Lipinski definition) is 6. The Bertz CT molecular complexity index is 1240. The summed E-state index contributed by atoms with van der Waals surface area (Å²) in [5, 5.41) is 2.14. The summed E-state index contributed by atoms with van der Waals surface area (Å²) in [6.07, 6.45) is 0.0903. The highest BCUT2D eigenvalue weighted by Gasteiger charge is 2.44. The van der Waals surface area contributed by atoms with Crippen LogP contribution in [0, 0.1) is 13.8 Å². The van der Waals surface area contributed by atoms with Gasteiger partial charge in [-0.1, -0.05) is 24.3 Å². The van der Waals surface area contributed by atoms with Gasteiger partial charge in [0.25, 0.3) is 11.8 Å². The molecule has 2 aliphatic heterocycles. The Hall–Kier alpha value is -3.33. The van der Waals surface area contributed by atoms with Crippen LogP contribution in [0.2, 0.25) is 0 Å². The molecule has 1 N–H and O–H groups in total. The van der Waals surface area contributed by atoms with Crippen molar-refractivity contribution in [1.29, 1.82) is 0 Å². The fraction of sp³-hybridized carbons (Fsp3) is 0.273. The van der Waals surface area contributed by atoms with Crippen LogP contribution in [0.5, 0.6) is 0 Å². The Kier molecular flexibility index (Phi) is 5.01. The van der Waals surface area contributed by atoms with Crippen molar-refractivity contribution in [3.8, 4) is 0 Å². The molecule has 2 aromatic carbocycles. The monoisotopic (exact) mass is 440 g/mol. The van der Waals surface area contributed by atoms with Crippen LogP contribution >= 0.6 is 0 Å². The highest BCUT2D eigenvalue weighted by molar-refractivity contribution is 7.90. The molecule has 0 radical (unpaired) electrons. The van der Waals surface area contributed by atoms with E-state index in [4.69, 9.17) is 0 Å². The number of fused-ring (bicyclic) bond motifs is 1. The van der Waals surface area contributed by atoms with Gasteiger partial charge in [0, 0.05) is 6.42 Å². The number of amides is 4. The zero-order chi connectivity index (χ0) is 22.5. The van der Waals surface area contributed by atoms with Gasteiger partial charge in [0.15, 0.2) is 9.84 Å². The van der Waals surface area contributed by atoms with E-state index in [9.17, 15) is 27.6 Å². The first kappa shape index (κ1) is 20.9. The first-order valence-corrected chi connectivity index (χ1v) is 11.4. The lowest BCUT2D eigenvalue weighted by Gasteiger charge is -2.27. The summed E-state index contributed by atoms with van der Waals surface area (Å²) in [7, 11) is -3.68. The first-order valence-electron chi connectivity index (χ1n) is 9.73.